The highest BCUT2D eigenvalue weighted by Crippen LogP contribution is 2.48. The highest BCUT2D eigenvalue weighted by molar-refractivity contribution is 7.22. The van der Waals surface area contributed by atoms with E-state index < -0.39 is 0 Å². The number of fused-ring (bicyclic) bond motifs is 3. The average Bonchev–Trinajstić information content (AvgIpc) is 3.54. The lowest BCUT2D eigenvalue weighted by Gasteiger charge is -2.20. The van der Waals surface area contributed by atoms with E-state index in [-0.39, 0.29) is 17.9 Å². The fourth-order valence-electron chi connectivity index (χ4n) is 5.51. The van der Waals surface area contributed by atoms with E-state index in [2.05, 4.69) is 52.1 Å². The number of anilines is 1. The van der Waals surface area contributed by atoms with Crippen LogP contribution < -0.4 is 5.32 Å². The molecule has 5 rings (SSSR count). The Morgan fingerprint density at radius 2 is 2.23 bits per heavy atom. The Balaban J connectivity index is 1.33. The van der Waals surface area contributed by atoms with Gasteiger partial charge in [-0.05, 0) is 82.3 Å². The summed E-state index contributed by atoms with van der Waals surface area (Å²) >= 11 is 1.59. The second-order valence-corrected chi connectivity index (χ2v) is 10.5. The Bertz CT molecular complexity index is 1040. The fourth-order valence-corrected chi connectivity index (χ4v) is 6.43. The van der Waals surface area contributed by atoms with Gasteiger partial charge >= 0.3 is 0 Å². The van der Waals surface area contributed by atoms with E-state index in [9.17, 15) is 4.79 Å². The van der Waals surface area contributed by atoms with Crippen LogP contribution in [0.3, 0.4) is 0 Å². The molecule has 2 aromatic heterocycles. The van der Waals surface area contributed by atoms with Crippen LogP contribution >= 0.6 is 11.3 Å². The van der Waals surface area contributed by atoms with Crippen molar-refractivity contribution < 1.29 is 4.79 Å². The molecule has 1 amide bonds. The Labute approximate surface area is 187 Å². The number of carbonyl (C=O) groups is 1. The van der Waals surface area contributed by atoms with Crippen LogP contribution in [-0.4, -0.2) is 46.0 Å². The number of imidazole rings is 1. The second-order valence-electron chi connectivity index (χ2n) is 9.49. The molecule has 4 atom stereocenters. The van der Waals surface area contributed by atoms with Gasteiger partial charge in [0.2, 0.25) is 5.91 Å². The number of hydrogen-bond donors (Lipinski definition) is 1. The van der Waals surface area contributed by atoms with E-state index in [4.69, 9.17) is 4.98 Å². The minimum atomic E-state index is 0.173. The average molecular weight is 438 g/mol. The number of nitrogens with one attached hydrogen (secondary N) is 1. The minimum Gasteiger partial charge on any atom is -0.330 e. The SMILES string of the molecule is CN(C)CCCC(c1ccc2nc(NC(=O)C3CC4CCC3C4)sc2c1)n1ccnc1. The molecule has 1 aromatic carbocycles. The Morgan fingerprint density at radius 3 is 2.94 bits per heavy atom. The van der Waals surface area contributed by atoms with E-state index in [0.717, 1.165) is 47.1 Å². The highest BCUT2D eigenvalue weighted by Gasteiger charge is 2.43. The van der Waals surface area contributed by atoms with E-state index in [1.54, 1.807) is 11.3 Å². The van der Waals surface area contributed by atoms with Gasteiger partial charge in [0.05, 0.1) is 22.6 Å². The summed E-state index contributed by atoms with van der Waals surface area (Å²) in [6.07, 6.45) is 12.8. The number of hydrogen-bond acceptors (Lipinski definition) is 5. The van der Waals surface area contributed by atoms with Crippen LogP contribution in [-0.2, 0) is 4.79 Å². The molecule has 2 aliphatic rings. The number of aromatic nitrogens is 3. The fraction of sp³-hybridized carbons (Fsp3) is 0.542. The molecule has 2 aliphatic carbocycles. The normalized spacial score (nSPS) is 23.6. The van der Waals surface area contributed by atoms with Crippen LogP contribution in [0.25, 0.3) is 10.2 Å². The van der Waals surface area contributed by atoms with Crippen molar-refractivity contribution in [3.63, 3.8) is 0 Å². The molecule has 6 nitrogen and oxygen atoms in total. The number of thiazole rings is 1. The summed E-state index contributed by atoms with van der Waals surface area (Å²) in [6, 6.07) is 6.75. The number of benzene rings is 1. The van der Waals surface area contributed by atoms with E-state index in [1.807, 2.05) is 18.7 Å². The number of amides is 1. The lowest BCUT2D eigenvalue weighted by molar-refractivity contribution is -0.121. The van der Waals surface area contributed by atoms with Crippen molar-refractivity contribution in [3.05, 3.63) is 42.5 Å². The van der Waals surface area contributed by atoms with Gasteiger partial charge in [0, 0.05) is 18.3 Å². The van der Waals surface area contributed by atoms with Crippen molar-refractivity contribution in [2.75, 3.05) is 26.0 Å². The van der Waals surface area contributed by atoms with Gasteiger partial charge in [-0.3, -0.25) is 4.79 Å². The third-order valence-corrected chi connectivity index (χ3v) is 8.00. The van der Waals surface area contributed by atoms with Gasteiger partial charge in [0.15, 0.2) is 5.13 Å². The topological polar surface area (TPSA) is 63.1 Å². The standard InChI is InChI=1S/C24H31N5OS/c1-28(2)10-3-4-21(29-11-9-25-15-29)18-7-8-20-22(14-18)31-24(26-20)27-23(30)19-13-16-5-6-17(19)12-16/h7-9,11,14-17,19,21H,3-6,10,12-13H2,1-2H3,(H,26,27,30). The molecule has 1 N–H and O–H groups in total. The quantitative estimate of drug-likeness (QED) is 0.550. The van der Waals surface area contributed by atoms with Gasteiger partial charge in [-0.2, -0.15) is 0 Å². The molecular formula is C24H31N5OS. The molecule has 2 bridgehead atoms. The summed E-state index contributed by atoms with van der Waals surface area (Å²) in [6.45, 7) is 1.06. The van der Waals surface area contributed by atoms with Crippen molar-refractivity contribution in [2.24, 2.45) is 17.8 Å². The predicted molar refractivity (Wildman–Crippen MR) is 125 cm³/mol. The molecule has 2 heterocycles. The first-order valence-corrected chi connectivity index (χ1v) is 12.2. The van der Waals surface area contributed by atoms with Crippen molar-refractivity contribution in [1.29, 1.82) is 0 Å². The first-order chi connectivity index (χ1) is 15.1. The van der Waals surface area contributed by atoms with Gasteiger partial charge in [0.25, 0.3) is 0 Å². The Hall–Kier alpha value is -2.25. The monoisotopic (exact) mass is 437 g/mol. The molecule has 7 heteroatoms. The summed E-state index contributed by atoms with van der Waals surface area (Å²) in [5.41, 5.74) is 2.22. The predicted octanol–water partition coefficient (Wildman–Crippen LogP) is 4.80. The molecule has 2 fully saturated rings. The number of carbonyl (C=O) groups excluding carboxylic acids is 1. The summed E-state index contributed by atoms with van der Waals surface area (Å²) < 4.78 is 3.31. The van der Waals surface area contributed by atoms with Crippen molar-refractivity contribution in [1.82, 2.24) is 19.4 Å². The van der Waals surface area contributed by atoms with Crippen LogP contribution in [0.1, 0.15) is 50.1 Å². The molecule has 4 unspecified atom stereocenters. The largest absolute Gasteiger partial charge is 0.330 e. The number of nitrogens with zero attached hydrogens (tertiary/aromatic N) is 4. The minimum absolute atomic E-state index is 0.173. The smallest absolute Gasteiger partial charge is 0.229 e. The first kappa shape index (κ1) is 20.6. The third kappa shape index (κ3) is 4.39. The van der Waals surface area contributed by atoms with Crippen molar-refractivity contribution >= 4 is 32.6 Å². The lowest BCUT2D eigenvalue weighted by atomic mass is 9.88. The Morgan fingerprint density at radius 1 is 1.32 bits per heavy atom. The number of rotatable bonds is 8. The summed E-state index contributed by atoms with van der Waals surface area (Å²) in [5.74, 6) is 1.71. The van der Waals surface area contributed by atoms with E-state index in [1.165, 1.54) is 24.8 Å². The Kier molecular flexibility index (Phi) is 5.80. The molecule has 3 aromatic rings. The van der Waals surface area contributed by atoms with Crippen molar-refractivity contribution in [2.45, 2.75) is 44.6 Å². The van der Waals surface area contributed by atoms with Crippen LogP contribution in [0.5, 0.6) is 0 Å². The molecule has 164 valence electrons. The van der Waals surface area contributed by atoms with Crippen LogP contribution in [0.4, 0.5) is 5.13 Å². The van der Waals surface area contributed by atoms with Gasteiger partial charge < -0.3 is 14.8 Å². The lowest BCUT2D eigenvalue weighted by Crippen LogP contribution is -2.27. The summed E-state index contributed by atoms with van der Waals surface area (Å²) in [7, 11) is 4.23. The zero-order valence-corrected chi connectivity index (χ0v) is 19.1. The van der Waals surface area contributed by atoms with Gasteiger partial charge in [-0.15, -0.1) is 0 Å². The molecular weight excluding hydrogens is 406 g/mol. The zero-order chi connectivity index (χ0) is 21.4. The van der Waals surface area contributed by atoms with E-state index >= 15 is 0 Å². The van der Waals surface area contributed by atoms with Crippen molar-refractivity contribution in [3.8, 4) is 0 Å². The van der Waals surface area contributed by atoms with Gasteiger partial charge in [0.1, 0.15) is 0 Å². The maximum Gasteiger partial charge on any atom is 0.229 e. The summed E-state index contributed by atoms with van der Waals surface area (Å²) in [5, 5.41) is 3.86. The first-order valence-electron chi connectivity index (χ1n) is 11.4. The van der Waals surface area contributed by atoms with E-state index in [0.29, 0.717) is 5.92 Å². The highest BCUT2D eigenvalue weighted by atomic mass is 32.1. The van der Waals surface area contributed by atoms with Crippen LogP contribution in [0.2, 0.25) is 0 Å². The van der Waals surface area contributed by atoms with Gasteiger partial charge in [-0.1, -0.05) is 23.8 Å². The summed E-state index contributed by atoms with van der Waals surface area (Å²) in [4.78, 5) is 24.0. The van der Waals surface area contributed by atoms with Crippen LogP contribution in [0.15, 0.2) is 36.9 Å². The molecule has 2 saturated carbocycles. The maximum absolute atomic E-state index is 12.8. The molecule has 0 radical (unpaired) electrons. The maximum atomic E-state index is 12.8. The third-order valence-electron chi connectivity index (χ3n) is 7.07. The zero-order valence-electron chi connectivity index (χ0n) is 18.3. The second kappa shape index (κ2) is 8.71. The molecule has 31 heavy (non-hydrogen) atoms. The van der Waals surface area contributed by atoms with Gasteiger partial charge in [-0.25, -0.2) is 9.97 Å². The molecule has 0 saturated heterocycles. The molecule has 0 aliphatic heterocycles. The van der Waals surface area contributed by atoms with Crippen LogP contribution in [0, 0.1) is 17.8 Å². The molecule has 0 spiro atoms.